The molecule has 13 heteroatoms. The minimum atomic E-state index is -4.67. The maximum atomic E-state index is 12.6. The molecule has 0 aromatic rings. The third-order valence-electron chi connectivity index (χ3n) is 9.35. The maximum absolute atomic E-state index is 12.6. The molecule has 0 saturated heterocycles. The zero-order valence-electron chi connectivity index (χ0n) is 36.4. The summed E-state index contributed by atoms with van der Waals surface area (Å²) in [6.45, 7) is 2.07. The Morgan fingerprint density at radius 3 is 1.61 bits per heavy atom. The van der Waals surface area contributed by atoms with Crippen molar-refractivity contribution in [3.05, 3.63) is 60.8 Å². The van der Waals surface area contributed by atoms with E-state index in [0.717, 1.165) is 83.5 Å². The number of unbranched alkanes of at least 4 members (excludes halogenated alkanes) is 13. The van der Waals surface area contributed by atoms with Crippen molar-refractivity contribution in [3.63, 3.8) is 0 Å². The highest BCUT2D eigenvalue weighted by molar-refractivity contribution is 7.47. The molecule has 0 aliphatic rings. The third-order valence-corrected chi connectivity index (χ3v) is 10.3. The minimum Gasteiger partial charge on any atom is -0.462 e. The first-order valence-corrected chi connectivity index (χ1v) is 23.9. The van der Waals surface area contributed by atoms with Gasteiger partial charge in [-0.25, -0.2) is 4.57 Å². The van der Waals surface area contributed by atoms with Crippen molar-refractivity contribution in [1.82, 2.24) is 0 Å². The number of ether oxygens (including phenoxy) is 2. The SMILES string of the molecule is CCCCC/C=C\C/C=C\C/C=C\C/C=C\CCCCCC(=O)OC[C@H](COP(=O)(O)OC[C@@H](O)CO)OC(=O)CCCCCCC[C@H](O)[C@@H](O)C/C=C\CCCCC. The maximum Gasteiger partial charge on any atom is 0.472 e. The molecule has 0 bridgehead atoms. The smallest absolute Gasteiger partial charge is 0.462 e. The molecule has 0 aliphatic carbocycles. The molecule has 0 saturated carbocycles. The van der Waals surface area contributed by atoms with Crippen LogP contribution >= 0.6 is 7.82 Å². The molecule has 0 aromatic carbocycles. The molecule has 0 amide bonds. The Labute approximate surface area is 356 Å². The van der Waals surface area contributed by atoms with Crippen molar-refractivity contribution in [2.24, 2.45) is 0 Å². The van der Waals surface area contributed by atoms with Crippen LogP contribution in [0, 0.1) is 0 Å². The zero-order chi connectivity index (χ0) is 43.7. The molecule has 0 radical (unpaired) electrons. The summed E-state index contributed by atoms with van der Waals surface area (Å²) in [5.41, 5.74) is 0. The van der Waals surface area contributed by atoms with E-state index in [1.807, 2.05) is 6.08 Å². The molecule has 342 valence electrons. The normalized spacial score (nSPS) is 15.4. The van der Waals surface area contributed by atoms with Crippen LogP contribution in [0.5, 0.6) is 0 Å². The van der Waals surface area contributed by atoms with Crippen molar-refractivity contribution in [1.29, 1.82) is 0 Å². The Bertz CT molecular complexity index is 1200. The summed E-state index contributed by atoms with van der Waals surface area (Å²) in [4.78, 5) is 35.0. The number of allylic oxidation sites excluding steroid dienone is 9. The highest BCUT2D eigenvalue weighted by atomic mass is 31.2. The van der Waals surface area contributed by atoms with E-state index in [-0.39, 0.29) is 19.4 Å². The highest BCUT2D eigenvalue weighted by Gasteiger charge is 2.27. The van der Waals surface area contributed by atoms with Gasteiger partial charge in [-0.05, 0) is 83.5 Å². The lowest BCUT2D eigenvalue weighted by molar-refractivity contribution is -0.161. The van der Waals surface area contributed by atoms with Gasteiger partial charge in [0, 0.05) is 12.8 Å². The van der Waals surface area contributed by atoms with Crippen molar-refractivity contribution in [3.8, 4) is 0 Å². The lowest BCUT2D eigenvalue weighted by Crippen LogP contribution is -2.29. The van der Waals surface area contributed by atoms with E-state index in [4.69, 9.17) is 19.1 Å². The van der Waals surface area contributed by atoms with E-state index in [1.165, 1.54) is 32.1 Å². The van der Waals surface area contributed by atoms with Crippen LogP contribution in [0.1, 0.15) is 168 Å². The summed E-state index contributed by atoms with van der Waals surface area (Å²) in [6, 6.07) is 0. The first-order chi connectivity index (χ1) is 28.5. The van der Waals surface area contributed by atoms with Crippen LogP contribution in [0.2, 0.25) is 0 Å². The monoisotopic (exact) mass is 857 g/mol. The van der Waals surface area contributed by atoms with Gasteiger partial charge in [-0.3, -0.25) is 18.6 Å². The van der Waals surface area contributed by atoms with E-state index in [2.05, 4.69) is 73.1 Å². The fraction of sp³-hybridized carbons (Fsp3) is 0.739. The molecule has 0 aliphatic heterocycles. The second-order valence-electron chi connectivity index (χ2n) is 15.0. The summed E-state index contributed by atoms with van der Waals surface area (Å²) in [5, 5.41) is 38.8. The number of carbonyl (C=O) groups excluding carboxylic acids is 2. The molecule has 0 fully saturated rings. The van der Waals surface area contributed by atoms with Gasteiger partial charge in [-0.2, -0.15) is 0 Å². The number of esters is 2. The van der Waals surface area contributed by atoms with Gasteiger partial charge >= 0.3 is 19.8 Å². The largest absolute Gasteiger partial charge is 0.472 e. The van der Waals surface area contributed by atoms with E-state index in [9.17, 15) is 34.4 Å². The van der Waals surface area contributed by atoms with Gasteiger partial charge in [0.05, 0.1) is 32.0 Å². The second kappa shape index (κ2) is 41.0. The third kappa shape index (κ3) is 39.5. The summed E-state index contributed by atoms with van der Waals surface area (Å²) in [5.74, 6) is -1.08. The van der Waals surface area contributed by atoms with Crippen LogP contribution in [-0.4, -0.2) is 88.1 Å². The van der Waals surface area contributed by atoms with Gasteiger partial charge in [-0.1, -0.05) is 132 Å². The number of rotatable bonds is 41. The first-order valence-electron chi connectivity index (χ1n) is 22.4. The van der Waals surface area contributed by atoms with E-state index >= 15 is 0 Å². The van der Waals surface area contributed by atoms with Crippen molar-refractivity contribution in [2.75, 3.05) is 26.4 Å². The molecule has 0 aromatic heterocycles. The molecule has 0 spiro atoms. The summed E-state index contributed by atoms with van der Waals surface area (Å²) in [6.07, 6.45) is 37.7. The summed E-state index contributed by atoms with van der Waals surface area (Å²) < 4.78 is 32.6. The van der Waals surface area contributed by atoms with Gasteiger partial charge < -0.3 is 34.8 Å². The van der Waals surface area contributed by atoms with Crippen molar-refractivity contribution < 1.29 is 58.0 Å². The molecule has 5 N–H and O–H groups in total. The topological polar surface area (TPSA) is 189 Å². The molecular weight excluding hydrogens is 775 g/mol. The van der Waals surface area contributed by atoms with Gasteiger partial charge in [0.1, 0.15) is 12.7 Å². The van der Waals surface area contributed by atoms with Crippen LogP contribution in [0.3, 0.4) is 0 Å². The molecule has 0 rings (SSSR count). The lowest BCUT2D eigenvalue weighted by Gasteiger charge is -2.20. The van der Waals surface area contributed by atoms with Crippen molar-refractivity contribution >= 4 is 19.8 Å². The Kier molecular flexibility index (Phi) is 39.3. The van der Waals surface area contributed by atoms with Gasteiger partial charge in [-0.15, -0.1) is 0 Å². The van der Waals surface area contributed by atoms with Crippen LogP contribution < -0.4 is 0 Å². The molecular formula is C46H81O12P. The first kappa shape index (κ1) is 56.6. The van der Waals surface area contributed by atoms with E-state index in [0.29, 0.717) is 25.7 Å². The Hall–Kier alpha value is -2.41. The molecule has 0 heterocycles. The Morgan fingerprint density at radius 1 is 0.559 bits per heavy atom. The Balaban J connectivity index is 4.47. The van der Waals surface area contributed by atoms with Crippen LogP contribution in [0.25, 0.3) is 0 Å². The zero-order valence-corrected chi connectivity index (χ0v) is 37.3. The predicted molar refractivity (Wildman–Crippen MR) is 236 cm³/mol. The summed E-state index contributed by atoms with van der Waals surface area (Å²) in [7, 11) is -4.67. The number of carbonyl (C=O) groups is 2. The number of phosphoric acid groups is 1. The van der Waals surface area contributed by atoms with E-state index in [1.54, 1.807) is 0 Å². The average Bonchev–Trinajstić information content (AvgIpc) is 3.22. The number of hydrogen-bond acceptors (Lipinski definition) is 11. The van der Waals surface area contributed by atoms with Crippen molar-refractivity contribution in [2.45, 2.75) is 192 Å². The van der Waals surface area contributed by atoms with Gasteiger partial charge in [0.2, 0.25) is 0 Å². The quantitative estimate of drug-likeness (QED) is 0.0170. The standard InChI is InChI=1S/C46H81O12P/c1-3-5-7-9-11-12-13-14-15-16-17-18-19-20-21-22-23-27-31-35-45(51)55-39-42(40-57-59(53,54)56-38-41(48)37-47)58-46(52)36-32-28-24-26-30-34-44(50)43(49)33-29-25-10-8-6-4-2/h11-12,14-15,17-18,20-21,25,29,41-44,47-50H,3-10,13,16,19,22-24,26-28,30-40H2,1-2H3,(H,53,54)/b12-11-,15-14-,18-17-,21-20-,29-25-/t41-,42+,43-,44-/m0/s1. The highest BCUT2D eigenvalue weighted by Crippen LogP contribution is 2.43. The molecule has 59 heavy (non-hydrogen) atoms. The van der Waals surface area contributed by atoms with Crippen LogP contribution in [-0.2, 0) is 32.7 Å². The fourth-order valence-electron chi connectivity index (χ4n) is 5.70. The number of phosphoric ester groups is 1. The number of aliphatic hydroxyl groups excluding tert-OH is 4. The fourth-order valence-corrected chi connectivity index (χ4v) is 6.49. The van der Waals surface area contributed by atoms with Crippen LogP contribution in [0.4, 0.5) is 0 Å². The molecule has 12 nitrogen and oxygen atoms in total. The second-order valence-corrected chi connectivity index (χ2v) is 16.5. The van der Waals surface area contributed by atoms with Crippen LogP contribution in [0.15, 0.2) is 60.8 Å². The average molecular weight is 857 g/mol. The minimum absolute atomic E-state index is 0.0752. The van der Waals surface area contributed by atoms with Gasteiger partial charge in [0.15, 0.2) is 6.10 Å². The number of hydrogen-bond donors (Lipinski definition) is 5. The summed E-state index contributed by atoms with van der Waals surface area (Å²) >= 11 is 0. The predicted octanol–water partition coefficient (Wildman–Crippen LogP) is 9.83. The van der Waals surface area contributed by atoms with E-state index < -0.39 is 64.0 Å². The number of aliphatic hydroxyl groups is 4. The lowest BCUT2D eigenvalue weighted by atomic mass is 10.0. The Morgan fingerprint density at radius 2 is 1.03 bits per heavy atom. The van der Waals surface area contributed by atoms with Gasteiger partial charge in [0.25, 0.3) is 0 Å². The molecule has 1 unspecified atom stereocenters. The molecule has 5 atom stereocenters.